The number of carbonyl (C=O) groups excluding carboxylic acids is 1. The van der Waals surface area contributed by atoms with Crippen molar-refractivity contribution in [2.45, 2.75) is 26.8 Å². The summed E-state index contributed by atoms with van der Waals surface area (Å²) in [5.74, 6) is 1.31. The summed E-state index contributed by atoms with van der Waals surface area (Å²) in [5, 5.41) is 0. The van der Waals surface area contributed by atoms with E-state index in [1.807, 2.05) is 31.2 Å². The molecule has 0 N–H and O–H groups in total. The molecule has 3 aromatic rings. The van der Waals surface area contributed by atoms with Gasteiger partial charge in [0.15, 0.2) is 16.3 Å². The standard InChI is InChI=1S/C28H30N2O7S/c1-7-36-19-12-10-9-11-17(19)15-22-26(31)30-24(18-13-20(33-4)25(35-6)21(14-18)34-5)23(27(32)37-8-2)16(3)29-28(30)38-22/h9-15,24H,7-8H2,1-6H3/b22-15-/t24-/m1/s1. The number of aromatic nitrogens is 1. The summed E-state index contributed by atoms with van der Waals surface area (Å²) < 4.78 is 29.7. The molecule has 1 aromatic heterocycles. The van der Waals surface area contributed by atoms with E-state index in [1.165, 1.54) is 37.2 Å². The number of rotatable bonds is 9. The number of nitrogens with zero attached hydrogens (tertiary/aromatic N) is 2. The first kappa shape index (κ1) is 27.0. The molecule has 1 atom stereocenters. The first-order valence-electron chi connectivity index (χ1n) is 12.1. The number of thiazole rings is 1. The predicted octanol–water partition coefficient (Wildman–Crippen LogP) is 3.22. The minimum absolute atomic E-state index is 0.177. The molecule has 0 amide bonds. The van der Waals surface area contributed by atoms with Crippen LogP contribution in [0.3, 0.4) is 0 Å². The Morgan fingerprint density at radius 1 is 1.03 bits per heavy atom. The molecule has 1 aliphatic rings. The molecule has 4 rings (SSSR count). The van der Waals surface area contributed by atoms with Crippen LogP contribution >= 0.6 is 11.3 Å². The maximum Gasteiger partial charge on any atom is 0.338 e. The van der Waals surface area contributed by atoms with Gasteiger partial charge in [0, 0.05) is 5.56 Å². The number of methoxy groups -OCH3 is 3. The zero-order valence-corrected chi connectivity index (χ0v) is 23.0. The number of ether oxygens (including phenoxy) is 5. The molecule has 2 aromatic carbocycles. The zero-order valence-electron chi connectivity index (χ0n) is 22.2. The van der Waals surface area contributed by atoms with E-state index in [4.69, 9.17) is 23.7 Å². The molecular weight excluding hydrogens is 508 g/mol. The summed E-state index contributed by atoms with van der Waals surface area (Å²) in [6, 6.07) is 10.1. The Balaban J connectivity index is 2.01. The van der Waals surface area contributed by atoms with E-state index in [2.05, 4.69) is 4.99 Å². The molecule has 0 spiro atoms. The fraction of sp³-hybridized carbons (Fsp3) is 0.321. The lowest BCUT2D eigenvalue weighted by Gasteiger charge is -2.26. The Morgan fingerprint density at radius 3 is 2.32 bits per heavy atom. The van der Waals surface area contributed by atoms with Gasteiger partial charge >= 0.3 is 5.97 Å². The molecule has 0 bridgehead atoms. The summed E-state index contributed by atoms with van der Waals surface area (Å²) in [6.07, 6.45) is 1.78. The molecular formula is C28H30N2O7S. The van der Waals surface area contributed by atoms with Crippen LogP contribution in [0.2, 0.25) is 0 Å². The number of benzene rings is 2. The van der Waals surface area contributed by atoms with Crippen molar-refractivity contribution in [3.63, 3.8) is 0 Å². The summed E-state index contributed by atoms with van der Waals surface area (Å²) in [7, 11) is 4.53. The van der Waals surface area contributed by atoms with Gasteiger partial charge in [0.1, 0.15) is 5.75 Å². The highest BCUT2D eigenvalue weighted by atomic mass is 32.1. The van der Waals surface area contributed by atoms with Gasteiger partial charge in [-0.15, -0.1) is 0 Å². The lowest BCUT2D eigenvalue weighted by molar-refractivity contribution is -0.139. The van der Waals surface area contributed by atoms with Crippen LogP contribution in [0.4, 0.5) is 0 Å². The highest BCUT2D eigenvalue weighted by Gasteiger charge is 2.34. The molecule has 0 unspecified atom stereocenters. The third kappa shape index (κ3) is 4.91. The van der Waals surface area contributed by atoms with Gasteiger partial charge in [0.2, 0.25) is 5.75 Å². The first-order chi connectivity index (χ1) is 18.4. The van der Waals surface area contributed by atoms with Crippen LogP contribution in [0, 0.1) is 0 Å². The molecule has 38 heavy (non-hydrogen) atoms. The van der Waals surface area contributed by atoms with Crippen molar-refractivity contribution < 1.29 is 28.5 Å². The molecule has 1 aliphatic heterocycles. The van der Waals surface area contributed by atoms with Gasteiger partial charge in [0.05, 0.1) is 56.4 Å². The third-order valence-corrected chi connectivity index (χ3v) is 7.01. The molecule has 0 radical (unpaired) electrons. The van der Waals surface area contributed by atoms with E-state index >= 15 is 0 Å². The number of allylic oxidation sites excluding steroid dienone is 1. The first-order valence-corrected chi connectivity index (χ1v) is 12.9. The fourth-order valence-corrected chi connectivity index (χ4v) is 5.43. The zero-order chi connectivity index (χ0) is 27.4. The molecule has 0 saturated carbocycles. The number of para-hydroxylation sites is 1. The van der Waals surface area contributed by atoms with Crippen molar-refractivity contribution in [1.29, 1.82) is 0 Å². The van der Waals surface area contributed by atoms with Crippen molar-refractivity contribution in [1.82, 2.24) is 4.57 Å². The van der Waals surface area contributed by atoms with Crippen molar-refractivity contribution in [3.8, 4) is 23.0 Å². The van der Waals surface area contributed by atoms with Crippen LogP contribution in [0.5, 0.6) is 23.0 Å². The van der Waals surface area contributed by atoms with E-state index < -0.39 is 12.0 Å². The van der Waals surface area contributed by atoms with E-state index in [1.54, 1.807) is 32.1 Å². The third-order valence-electron chi connectivity index (χ3n) is 6.03. The van der Waals surface area contributed by atoms with E-state index in [9.17, 15) is 9.59 Å². The topological polar surface area (TPSA) is 97.6 Å². The molecule has 10 heteroatoms. The number of carbonyl (C=O) groups is 1. The Hall–Kier alpha value is -4.05. The maximum atomic E-state index is 13.9. The SMILES string of the molecule is CCOC(=O)C1=C(C)N=c2s/c(=C\c3ccccc3OCC)c(=O)n2[C@@H]1c1cc(OC)c(OC)c(OC)c1. The maximum absolute atomic E-state index is 13.9. The summed E-state index contributed by atoms with van der Waals surface area (Å²) >= 11 is 1.24. The predicted molar refractivity (Wildman–Crippen MR) is 144 cm³/mol. The van der Waals surface area contributed by atoms with Gasteiger partial charge in [-0.1, -0.05) is 29.5 Å². The van der Waals surface area contributed by atoms with Gasteiger partial charge in [0.25, 0.3) is 5.56 Å². The largest absolute Gasteiger partial charge is 0.493 e. The van der Waals surface area contributed by atoms with Gasteiger partial charge in [-0.2, -0.15) is 0 Å². The molecule has 0 aliphatic carbocycles. The van der Waals surface area contributed by atoms with Crippen molar-refractivity contribution in [2.24, 2.45) is 4.99 Å². The molecule has 2 heterocycles. The Bertz CT molecular complexity index is 1540. The van der Waals surface area contributed by atoms with Crippen LogP contribution in [0.15, 0.2) is 57.5 Å². The van der Waals surface area contributed by atoms with Crippen molar-refractivity contribution >= 4 is 23.4 Å². The van der Waals surface area contributed by atoms with E-state index in [0.717, 1.165) is 5.56 Å². The minimum atomic E-state index is -0.830. The van der Waals surface area contributed by atoms with Crippen LogP contribution in [-0.2, 0) is 9.53 Å². The summed E-state index contributed by atoms with van der Waals surface area (Å²) in [4.78, 5) is 32.2. The average Bonchev–Trinajstić information content (AvgIpc) is 3.22. The minimum Gasteiger partial charge on any atom is -0.493 e. The van der Waals surface area contributed by atoms with E-state index in [-0.39, 0.29) is 17.7 Å². The normalized spacial score (nSPS) is 15.0. The Kier molecular flexibility index (Phi) is 8.21. The van der Waals surface area contributed by atoms with Crippen LogP contribution in [0.1, 0.15) is 37.9 Å². The second-order valence-corrected chi connectivity index (χ2v) is 9.24. The Labute approximate surface area is 224 Å². The number of esters is 1. The van der Waals surface area contributed by atoms with Gasteiger partial charge in [-0.05, 0) is 50.6 Å². The molecule has 0 saturated heterocycles. The molecule has 200 valence electrons. The fourth-order valence-electron chi connectivity index (χ4n) is 4.39. The lowest BCUT2D eigenvalue weighted by Crippen LogP contribution is -2.40. The second-order valence-electron chi connectivity index (χ2n) is 8.23. The van der Waals surface area contributed by atoms with E-state index in [0.29, 0.717) is 50.2 Å². The lowest BCUT2D eigenvalue weighted by atomic mass is 9.95. The van der Waals surface area contributed by atoms with Crippen molar-refractivity contribution in [2.75, 3.05) is 34.5 Å². The van der Waals surface area contributed by atoms with Gasteiger partial charge in [-0.25, -0.2) is 9.79 Å². The highest BCUT2D eigenvalue weighted by Crippen LogP contribution is 2.42. The molecule has 0 fully saturated rings. The highest BCUT2D eigenvalue weighted by molar-refractivity contribution is 7.07. The van der Waals surface area contributed by atoms with Gasteiger partial charge < -0.3 is 23.7 Å². The monoisotopic (exact) mass is 538 g/mol. The van der Waals surface area contributed by atoms with Crippen molar-refractivity contribution in [3.05, 3.63) is 78.5 Å². The number of fused-ring (bicyclic) bond motifs is 1. The quantitative estimate of drug-likeness (QED) is 0.386. The Morgan fingerprint density at radius 2 is 1.71 bits per heavy atom. The second kappa shape index (κ2) is 11.6. The summed E-state index contributed by atoms with van der Waals surface area (Å²) in [5.41, 5.74) is 1.78. The van der Waals surface area contributed by atoms with Crippen LogP contribution < -0.4 is 33.8 Å². The average molecular weight is 539 g/mol. The smallest absolute Gasteiger partial charge is 0.338 e. The van der Waals surface area contributed by atoms with Crippen LogP contribution in [0.25, 0.3) is 6.08 Å². The number of hydrogen-bond acceptors (Lipinski definition) is 9. The molecule has 9 nitrogen and oxygen atoms in total. The van der Waals surface area contributed by atoms with Gasteiger partial charge in [-0.3, -0.25) is 9.36 Å². The number of hydrogen-bond donors (Lipinski definition) is 0. The van der Waals surface area contributed by atoms with Crippen LogP contribution in [-0.4, -0.2) is 45.1 Å². The summed E-state index contributed by atoms with van der Waals surface area (Å²) in [6.45, 7) is 6.04.